The van der Waals surface area contributed by atoms with Gasteiger partial charge in [-0.25, -0.2) is 0 Å². The van der Waals surface area contributed by atoms with Gasteiger partial charge < -0.3 is 4.90 Å². The van der Waals surface area contributed by atoms with Crippen LogP contribution in [-0.2, 0) is 0 Å². The van der Waals surface area contributed by atoms with E-state index in [1.165, 1.54) is 25.1 Å². The highest BCUT2D eigenvalue weighted by Crippen LogP contribution is 2.24. The number of rotatable bonds is 3. The molecular formula is C12H17ClN2. The molecule has 2 rings (SSSR count). The van der Waals surface area contributed by atoms with Crippen LogP contribution < -0.4 is 4.90 Å². The fourth-order valence-electron chi connectivity index (χ4n) is 2.24. The molecule has 1 fully saturated rings. The smallest absolute Gasteiger partial charge is 0.0397 e. The summed E-state index contributed by atoms with van der Waals surface area (Å²) in [4.78, 5) is 6.49. The Hall–Kier alpha value is -0.760. The standard InChI is InChI=1S/C12H17ClN2/c13-6-3-11-2-1-9-15(10-11)12-4-7-14-8-5-12/h4-5,7-8,11H,1-3,6,9-10H2. The number of nitrogens with zero attached hydrogens (tertiary/aromatic N) is 2. The number of piperidine rings is 1. The van der Waals surface area contributed by atoms with Gasteiger partial charge in [0, 0.05) is 37.1 Å². The molecule has 1 atom stereocenters. The lowest BCUT2D eigenvalue weighted by molar-refractivity contribution is 0.406. The number of aromatic nitrogens is 1. The number of pyridine rings is 1. The summed E-state index contributed by atoms with van der Waals surface area (Å²) in [5.41, 5.74) is 1.30. The molecule has 2 nitrogen and oxygen atoms in total. The van der Waals surface area contributed by atoms with Crippen LogP contribution in [0.2, 0.25) is 0 Å². The molecule has 2 heterocycles. The van der Waals surface area contributed by atoms with E-state index in [0.29, 0.717) is 0 Å². The van der Waals surface area contributed by atoms with Gasteiger partial charge in [-0.1, -0.05) is 0 Å². The monoisotopic (exact) mass is 224 g/mol. The molecule has 1 saturated heterocycles. The number of alkyl halides is 1. The van der Waals surface area contributed by atoms with Gasteiger partial charge in [0.05, 0.1) is 0 Å². The first-order chi connectivity index (χ1) is 7.40. The summed E-state index contributed by atoms with van der Waals surface area (Å²) in [7, 11) is 0. The van der Waals surface area contributed by atoms with E-state index >= 15 is 0 Å². The summed E-state index contributed by atoms with van der Waals surface area (Å²) in [5.74, 6) is 1.55. The maximum atomic E-state index is 5.80. The Labute approximate surface area is 96.3 Å². The van der Waals surface area contributed by atoms with E-state index in [-0.39, 0.29) is 0 Å². The zero-order valence-electron chi connectivity index (χ0n) is 8.90. The van der Waals surface area contributed by atoms with Crippen molar-refractivity contribution < 1.29 is 0 Å². The zero-order valence-corrected chi connectivity index (χ0v) is 9.66. The van der Waals surface area contributed by atoms with Gasteiger partial charge >= 0.3 is 0 Å². The predicted molar refractivity (Wildman–Crippen MR) is 64.5 cm³/mol. The van der Waals surface area contributed by atoms with Crippen molar-refractivity contribution in [1.82, 2.24) is 4.98 Å². The molecule has 1 aliphatic heterocycles. The molecule has 0 saturated carbocycles. The summed E-state index contributed by atoms with van der Waals surface area (Å²) in [6.07, 6.45) is 7.47. The van der Waals surface area contributed by atoms with Crippen LogP contribution in [0.1, 0.15) is 19.3 Å². The van der Waals surface area contributed by atoms with Crippen molar-refractivity contribution in [3.05, 3.63) is 24.5 Å². The van der Waals surface area contributed by atoms with Crippen molar-refractivity contribution in [1.29, 1.82) is 0 Å². The van der Waals surface area contributed by atoms with Crippen molar-refractivity contribution >= 4 is 17.3 Å². The molecule has 3 heteroatoms. The highest BCUT2D eigenvalue weighted by molar-refractivity contribution is 6.17. The van der Waals surface area contributed by atoms with Crippen molar-refractivity contribution in [2.45, 2.75) is 19.3 Å². The lowest BCUT2D eigenvalue weighted by atomic mass is 9.95. The van der Waals surface area contributed by atoms with Gasteiger partial charge in [-0.15, -0.1) is 11.6 Å². The molecule has 0 aliphatic carbocycles. The van der Waals surface area contributed by atoms with Crippen molar-refractivity contribution in [2.75, 3.05) is 23.9 Å². The van der Waals surface area contributed by atoms with E-state index in [9.17, 15) is 0 Å². The summed E-state index contributed by atoms with van der Waals surface area (Å²) in [6.45, 7) is 2.32. The summed E-state index contributed by atoms with van der Waals surface area (Å²) >= 11 is 5.80. The van der Waals surface area contributed by atoms with Crippen LogP contribution in [0, 0.1) is 5.92 Å². The molecule has 0 N–H and O–H groups in total. The second kappa shape index (κ2) is 5.36. The number of hydrogen-bond acceptors (Lipinski definition) is 2. The Morgan fingerprint density at radius 1 is 1.40 bits per heavy atom. The average Bonchev–Trinajstić information content (AvgIpc) is 2.31. The molecule has 1 unspecified atom stereocenters. The van der Waals surface area contributed by atoms with Gasteiger partial charge in [0.2, 0.25) is 0 Å². The molecule has 1 aromatic rings. The van der Waals surface area contributed by atoms with Crippen LogP contribution >= 0.6 is 11.6 Å². The summed E-state index contributed by atoms with van der Waals surface area (Å²) in [5, 5.41) is 0. The molecule has 0 radical (unpaired) electrons. The molecule has 1 aliphatic rings. The quantitative estimate of drug-likeness (QED) is 0.734. The van der Waals surface area contributed by atoms with E-state index in [1.807, 2.05) is 12.4 Å². The summed E-state index contributed by atoms with van der Waals surface area (Å²) < 4.78 is 0. The zero-order chi connectivity index (χ0) is 10.5. The minimum atomic E-state index is 0.768. The average molecular weight is 225 g/mol. The van der Waals surface area contributed by atoms with Crippen molar-refractivity contribution in [3.63, 3.8) is 0 Å². The second-order valence-electron chi connectivity index (χ2n) is 4.14. The first-order valence-corrected chi connectivity index (χ1v) is 6.14. The molecular weight excluding hydrogens is 208 g/mol. The lowest BCUT2D eigenvalue weighted by Gasteiger charge is -2.34. The molecule has 15 heavy (non-hydrogen) atoms. The number of halogens is 1. The topological polar surface area (TPSA) is 16.1 Å². The SMILES string of the molecule is ClCCC1CCCN(c2ccncc2)C1. The predicted octanol–water partition coefficient (Wildman–Crippen LogP) is 2.93. The lowest BCUT2D eigenvalue weighted by Crippen LogP contribution is -2.35. The molecule has 0 amide bonds. The molecule has 0 bridgehead atoms. The van der Waals surface area contributed by atoms with Gasteiger partial charge in [-0.05, 0) is 37.3 Å². The van der Waals surface area contributed by atoms with E-state index in [0.717, 1.165) is 24.8 Å². The van der Waals surface area contributed by atoms with Crippen molar-refractivity contribution in [2.24, 2.45) is 5.92 Å². The van der Waals surface area contributed by atoms with Crippen LogP contribution in [0.3, 0.4) is 0 Å². The highest BCUT2D eigenvalue weighted by Gasteiger charge is 2.19. The maximum Gasteiger partial charge on any atom is 0.0397 e. The van der Waals surface area contributed by atoms with Crippen LogP contribution in [0.5, 0.6) is 0 Å². The van der Waals surface area contributed by atoms with Crippen LogP contribution in [0.25, 0.3) is 0 Å². The van der Waals surface area contributed by atoms with Gasteiger partial charge in [0.25, 0.3) is 0 Å². The van der Waals surface area contributed by atoms with E-state index in [2.05, 4.69) is 22.0 Å². The molecule has 82 valence electrons. The fourth-order valence-corrected chi connectivity index (χ4v) is 2.55. The molecule has 0 aromatic carbocycles. The fraction of sp³-hybridized carbons (Fsp3) is 0.583. The minimum Gasteiger partial charge on any atom is -0.371 e. The summed E-state index contributed by atoms with van der Waals surface area (Å²) in [6, 6.07) is 4.17. The number of anilines is 1. The Bertz CT molecular complexity index is 287. The Morgan fingerprint density at radius 2 is 2.20 bits per heavy atom. The molecule has 1 aromatic heterocycles. The third-order valence-corrected chi connectivity index (χ3v) is 3.28. The number of hydrogen-bond donors (Lipinski definition) is 0. The Balaban J connectivity index is 1.98. The van der Waals surface area contributed by atoms with Gasteiger partial charge in [0.15, 0.2) is 0 Å². The second-order valence-corrected chi connectivity index (χ2v) is 4.52. The van der Waals surface area contributed by atoms with E-state index in [1.54, 1.807) is 0 Å². The maximum absolute atomic E-state index is 5.80. The van der Waals surface area contributed by atoms with Crippen LogP contribution in [-0.4, -0.2) is 24.0 Å². The first kappa shape index (κ1) is 10.7. The third-order valence-electron chi connectivity index (χ3n) is 3.06. The van der Waals surface area contributed by atoms with Gasteiger partial charge in [-0.2, -0.15) is 0 Å². The van der Waals surface area contributed by atoms with E-state index < -0.39 is 0 Å². The Morgan fingerprint density at radius 3 is 2.93 bits per heavy atom. The van der Waals surface area contributed by atoms with Crippen molar-refractivity contribution in [3.8, 4) is 0 Å². The largest absolute Gasteiger partial charge is 0.371 e. The Kier molecular flexibility index (Phi) is 3.84. The first-order valence-electron chi connectivity index (χ1n) is 5.61. The third kappa shape index (κ3) is 2.85. The van der Waals surface area contributed by atoms with Crippen LogP contribution in [0.15, 0.2) is 24.5 Å². The molecule has 0 spiro atoms. The van der Waals surface area contributed by atoms with Gasteiger partial charge in [-0.3, -0.25) is 4.98 Å². The van der Waals surface area contributed by atoms with Gasteiger partial charge in [0.1, 0.15) is 0 Å². The van der Waals surface area contributed by atoms with Crippen LogP contribution in [0.4, 0.5) is 5.69 Å². The highest BCUT2D eigenvalue weighted by atomic mass is 35.5. The normalized spacial score (nSPS) is 21.7. The van der Waals surface area contributed by atoms with E-state index in [4.69, 9.17) is 11.6 Å². The minimum absolute atomic E-state index is 0.768.